The average Bonchev–Trinajstić information content (AvgIpc) is 2.46. The van der Waals surface area contributed by atoms with Gasteiger partial charge < -0.3 is 4.90 Å². The first-order valence-electron chi connectivity index (χ1n) is 5.82. The SMILES string of the molecule is Cc1ccc(C(=O)N(C)c2cccc(C#N)c2)cn1. The Morgan fingerprint density at radius 1 is 1.32 bits per heavy atom. The normalized spacial score (nSPS) is 9.74. The number of pyridine rings is 1. The molecule has 0 spiro atoms. The molecule has 94 valence electrons. The summed E-state index contributed by atoms with van der Waals surface area (Å²) in [6, 6.07) is 12.5. The van der Waals surface area contributed by atoms with Crippen LogP contribution in [0.4, 0.5) is 5.69 Å². The molecule has 0 radical (unpaired) electrons. The second-order valence-electron chi connectivity index (χ2n) is 4.21. The van der Waals surface area contributed by atoms with Crippen molar-refractivity contribution in [1.82, 2.24) is 4.98 Å². The van der Waals surface area contributed by atoms with Crippen molar-refractivity contribution in [1.29, 1.82) is 5.26 Å². The molecular formula is C15H13N3O. The maximum absolute atomic E-state index is 12.3. The Hall–Kier alpha value is -2.67. The van der Waals surface area contributed by atoms with Crippen LogP contribution in [0.2, 0.25) is 0 Å². The van der Waals surface area contributed by atoms with Crippen LogP contribution in [0.15, 0.2) is 42.6 Å². The zero-order valence-electron chi connectivity index (χ0n) is 10.8. The predicted octanol–water partition coefficient (Wildman–Crippen LogP) is 2.54. The summed E-state index contributed by atoms with van der Waals surface area (Å²) >= 11 is 0. The van der Waals surface area contributed by atoms with E-state index in [1.165, 1.54) is 4.90 Å². The molecule has 0 N–H and O–H groups in total. The third-order valence-electron chi connectivity index (χ3n) is 2.83. The Morgan fingerprint density at radius 3 is 2.74 bits per heavy atom. The second-order valence-corrected chi connectivity index (χ2v) is 4.21. The van der Waals surface area contributed by atoms with Gasteiger partial charge in [-0.25, -0.2) is 0 Å². The van der Waals surface area contributed by atoms with E-state index in [1.54, 1.807) is 49.6 Å². The van der Waals surface area contributed by atoms with Gasteiger partial charge in [0.15, 0.2) is 0 Å². The molecule has 1 aromatic carbocycles. The molecule has 1 amide bonds. The van der Waals surface area contributed by atoms with Crippen LogP contribution in [0.25, 0.3) is 0 Å². The van der Waals surface area contributed by atoms with E-state index >= 15 is 0 Å². The molecular weight excluding hydrogens is 238 g/mol. The molecule has 0 aliphatic carbocycles. The minimum Gasteiger partial charge on any atom is -0.311 e. The fourth-order valence-corrected chi connectivity index (χ4v) is 1.69. The quantitative estimate of drug-likeness (QED) is 0.824. The summed E-state index contributed by atoms with van der Waals surface area (Å²) in [5.41, 5.74) is 2.60. The molecule has 4 heteroatoms. The minimum atomic E-state index is -0.150. The summed E-state index contributed by atoms with van der Waals surface area (Å²) in [7, 11) is 1.68. The van der Waals surface area contributed by atoms with Crippen LogP contribution in [0, 0.1) is 18.3 Å². The monoisotopic (exact) mass is 251 g/mol. The molecule has 0 aliphatic rings. The number of benzene rings is 1. The van der Waals surface area contributed by atoms with Crippen LogP contribution < -0.4 is 4.90 Å². The molecule has 4 nitrogen and oxygen atoms in total. The van der Waals surface area contributed by atoms with E-state index in [2.05, 4.69) is 11.1 Å². The molecule has 0 unspecified atom stereocenters. The molecule has 0 saturated carbocycles. The first kappa shape index (κ1) is 12.8. The average molecular weight is 251 g/mol. The first-order valence-corrected chi connectivity index (χ1v) is 5.82. The molecule has 2 rings (SSSR count). The lowest BCUT2D eigenvalue weighted by molar-refractivity contribution is 0.0992. The van der Waals surface area contributed by atoms with Gasteiger partial charge in [-0.05, 0) is 37.3 Å². The molecule has 2 aromatic rings. The maximum Gasteiger partial charge on any atom is 0.259 e. The second kappa shape index (κ2) is 5.32. The van der Waals surface area contributed by atoms with E-state index in [9.17, 15) is 4.79 Å². The minimum absolute atomic E-state index is 0.150. The van der Waals surface area contributed by atoms with Crippen molar-refractivity contribution in [2.75, 3.05) is 11.9 Å². The zero-order valence-corrected chi connectivity index (χ0v) is 10.8. The maximum atomic E-state index is 12.3. The highest BCUT2D eigenvalue weighted by molar-refractivity contribution is 6.05. The smallest absolute Gasteiger partial charge is 0.259 e. The van der Waals surface area contributed by atoms with E-state index in [0.717, 1.165) is 5.69 Å². The summed E-state index contributed by atoms with van der Waals surface area (Å²) in [5, 5.41) is 8.87. The van der Waals surface area contributed by atoms with Crippen LogP contribution in [0.1, 0.15) is 21.6 Å². The summed E-state index contributed by atoms with van der Waals surface area (Å²) < 4.78 is 0. The first-order chi connectivity index (χ1) is 9.11. The van der Waals surface area contributed by atoms with Gasteiger partial charge >= 0.3 is 0 Å². The van der Waals surface area contributed by atoms with Crippen molar-refractivity contribution >= 4 is 11.6 Å². The molecule has 1 heterocycles. The Bertz CT molecular complexity index is 641. The third kappa shape index (κ3) is 2.78. The highest BCUT2D eigenvalue weighted by atomic mass is 16.2. The Morgan fingerprint density at radius 2 is 2.11 bits per heavy atom. The molecule has 0 aliphatic heterocycles. The molecule has 0 saturated heterocycles. The molecule has 0 atom stereocenters. The molecule has 1 aromatic heterocycles. The number of anilines is 1. The lowest BCUT2D eigenvalue weighted by Gasteiger charge is -2.17. The fourth-order valence-electron chi connectivity index (χ4n) is 1.69. The summed E-state index contributed by atoms with van der Waals surface area (Å²) in [6.45, 7) is 1.87. The van der Waals surface area contributed by atoms with Crippen molar-refractivity contribution in [3.05, 3.63) is 59.4 Å². The van der Waals surface area contributed by atoms with Gasteiger partial charge in [0.1, 0.15) is 0 Å². The van der Waals surface area contributed by atoms with Gasteiger partial charge in [-0.15, -0.1) is 0 Å². The van der Waals surface area contributed by atoms with E-state index in [4.69, 9.17) is 5.26 Å². The highest BCUT2D eigenvalue weighted by Crippen LogP contribution is 2.16. The molecule has 0 bridgehead atoms. The summed E-state index contributed by atoms with van der Waals surface area (Å²) in [6.07, 6.45) is 1.56. The van der Waals surface area contributed by atoms with Gasteiger partial charge in [-0.1, -0.05) is 6.07 Å². The fraction of sp³-hybridized carbons (Fsp3) is 0.133. The number of aryl methyl sites for hydroxylation is 1. The number of nitrogens with zero attached hydrogens (tertiary/aromatic N) is 3. The van der Waals surface area contributed by atoms with Gasteiger partial charge in [0.25, 0.3) is 5.91 Å². The summed E-state index contributed by atoms with van der Waals surface area (Å²) in [4.78, 5) is 17.9. The van der Waals surface area contributed by atoms with Gasteiger partial charge in [-0.2, -0.15) is 5.26 Å². The number of hydrogen-bond donors (Lipinski definition) is 0. The van der Waals surface area contributed by atoms with E-state index < -0.39 is 0 Å². The van der Waals surface area contributed by atoms with Crippen LogP contribution in [0.5, 0.6) is 0 Å². The van der Waals surface area contributed by atoms with E-state index in [0.29, 0.717) is 16.8 Å². The van der Waals surface area contributed by atoms with Gasteiger partial charge in [0.05, 0.1) is 17.2 Å². The lowest BCUT2D eigenvalue weighted by atomic mass is 10.2. The third-order valence-corrected chi connectivity index (χ3v) is 2.83. The van der Waals surface area contributed by atoms with Crippen molar-refractivity contribution in [2.45, 2.75) is 6.92 Å². The van der Waals surface area contributed by atoms with Crippen molar-refractivity contribution in [3.63, 3.8) is 0 Å². The van der Waals surface area contributed by atoms with Crippen LogP contribution in [-0.2, 0) is 0 Å². The van der Waals surface area contributed by atoms with Gasteiger partial charge in [0.2, 0.25) is 0 Å². The number of carbonyl (C=O) groups excluding carboxylic acids is 1. The van der Waals surface area contributed by atoms with E-state index in [1.807, 2.05) is 6.92 Å². The number of nitriles is 1. The Kier molecular flexibility index (Phi) is 3.58. The number of hydrogen-bond acceptors (Lipinski definition) is 3. The number of carbonyl (C=O) groups is 1. The van der Waals surface area contributed by atoms with Crippen molar-refractivity contribution < 1.29 is 4.79 Å². The number of aromatic nitrogens is 1. The van der Waals surface area contributed by atoms with Crippen LogP contribution >= 0.6 is 0 Å². The lowest BCUT2D eigenvalue weighted by Crippen LogP contribution is -2.26. The standard InChI is InChI=1S/C15H13N3O/c1-11-6-7-13(10-17-11)15(19)18(2)14-5-3-4-12(8-14)9-16/h3-8,10H,1-2H3. The highest BCUT2D eigenvalue weighted by Gasteiger charge is 2.13. The van der Waals surface area contributed by atoms with Crippen molar-refractivity contribution in [3.8, 4) is 6.07 Å². The number of amides is 1. The Labute approximate surface area is 111 Å². The van der Waals surface area contributed by atoms with Gasteiger partial charge in [-0.3, -0.25) is 9.78 Å². The van der Waals surface area contributed by atoms with Crippen LogP contribution in [-0.4, -0.2) is 17.9 Å². The van der Waals surface area contributed by atoms with Crippen LogP contribution in [0.3, 0.4) is 0 Å². The largest absolute Gasteiger partial charge is 0.311 e. The van der Waals surface area contributed by atoms with Gasteiger partial charge in [0, 0.05) is 24.6 Å². The Balaban J connectivity index is 2.28. The topological polar surface area (TPSA) is 57.0 Å². The predicted molar refractivity (Wildman–Crippen MR) is 72.9 cm³/mol. The molecule has 0 fully saturated rings. The molecule has 19 heavy (non-hydrogen) atoms. The summed E-state index contributed by atoms with van der Waals surface area (Å²) in [5.74, 6) is -0.150. The number of rotatable bonds is 2. The van der Waals surface area contributed by atoms with E-state index in [-0.39, 0.29) is 5.91 Å². The zero-order chi connectivity index (χ0) is 13.8. The van der Waals surface area contributed by atoms with Crippen molar-refractivity contribution in [2.24, 2.45) is 0 Å².